The molecule has 0 saturated carbocycles. The van der Waals surface area contributed by atoms with Crippen LogP contribution in [0.1, 0.15) is 23.8 Å². The van der Waals surface area contributed by atoms with Gasteiger partial charge in [-0.3, -0.25) is 0 Å². The van der Waals surface area contributed by atoms with Gasteiger partial charge in [0.2, 0.25) is 5.69 Å². The highest BCUT2D eigenvalue weighted by Gasteiger charge is 2.22. The van der Waals surface area contributed by atoms with E-state index in [-0.39, 0.29) is 0 Å². The van der Waals surface area contributed by atoms with Crippen LogP contribution >= 0.6 is 0 Å². The summed E-state index contributed by atoms with van der Waals surface area (Å²) < 4.78 is 39.1. The number of rotatable bonds is 1. The molecular formula is C24H22F2N+. The molecule has 4 rings (SSSR count). The smallest absolute Gasteiger partial charge is 0.207 e. The van der Waals surface area contributed by atoms with Crippen molar-refractivity contribution in [2.45, 2.75) is 27.7 Å². The Balaban J connectivity index is 2.28. The predicted octanol–water partition coefficient (Wildman–Crippen LogP) is 6.00. The molecule has 0 unspecified atom stereocenters. The molecule has 0 N–H and O–H groups in total. The van der Waals surface area contributed by atoms with Gasteiger partial charge in [-0.15, -0.1) is 0 Å². The van der Waals surface area contributed by atoms with Crippen LogP contribution in [-0.2, 0) is 7.05 Å². The van der Waals surface area contributed by atoms with E-state index in [0.717, 1.165) is 39.5 Å². The van der Waals surface area contributed by atoms with Gasteiger partial charge in [0.1, 0.15) is 18.7 Å². The van der Waals surface area contributed by atoms with Gasteiger partial charge in [0.15, 0.2) is 5.69 Å². The average Bonchev–Trinajstić information content (AvgIpc) is 2.63. The van der Waals surface area contributed by atoms with Crippen molar-refractivity contribution in [1.82, 2.24) is 0 Å². The standard InChI is InChI=1S/C24H22F2N/c1-13-8-14(2)16(4)20(9-13)24-19-7-6-18-22(11-17(25)12-23(18)26)21(19)10-15(3)27(24)5/h6-12H,1-5H3/q+1/i10D. The van der Waals surface area contributed by atoms with Crippen LogP contribution in [0.4, 0.5) is 8.78 Å². The van der Waals surface area contributed by atoms with Crippen molar-refractivity contribution < 1.29 is 14.7 Å². The van der Waals surface area contributed by atoms with E-state index < -0.39 is 11.6 Å². The van der Waals surface area contributed by atoms with E-state index >= 15 is 0 Å². The Labute approximate surface area is 159 Å². The normalized spacial score (nSPS) is 12.0. The van der Waals surface area contributed by atoms with Crippen LogP contribution in [0, 0.1) is 39.3 Å². The van der Waals surface area contributed by atoms with Gasteiger partial charge in [0.05, 0.1) is 12.3 Å². The zero-order chi connectivity index (χ0) is 20.3. The molecule has 1 aromatic heterocycles. The molecule has 0 aliphatic carbocycles. The zero-order valence-corrected chi connectivity index (χ0v) is 16.2. The number of fused-ring (bicyclic) bond motifs is 3. The van der Waals surface area contributed by atoms with Crippen LogP contribution in [0.2, 0.25) is 0 Å². The summed E-state index contributed by atoms with van der Waals surface area (Å²) in [6.07, 6.45) is 0. The quantitative estimate of drug-likeness (QED) is 0.289. The lowest BCUT2D eigenvalue weighted by Gasteiger charge is -2.14. The molecule has 0 fully saturated rings. The number of hydrogen-bond donors (Lipinski definition) is 0. The Kier molecular flexibility index (Phi) is 3.71. The molecule has 1 heterocycles. The SMILES string of the molecule is [2H]c1c(C)[n+](C)c(-c2cc(C)cc(C)c2C)c2ccc3c(F)cc(F)cc3c12. The third kappa shape index (κ3) is 2.69. The molecule has 4 aromatic rings. The summed E-state index contributed by atoms with van der Waals surface area (Å²) >= 11 is 0. The van der Waals surface area contributed by atoms with E-state index in [1.165, 1.54) is 11.6 Å². The zero-order valence-electron chi connectivity index (χ0n) is 17.2. The van der Waals surface area contributed by atoms with Gasteiger partial charge in [-0.25, -0.2) is 8.78 Å². The number of aromatic nitrogens is 1. The molecule has 0 amide bonds. The lowest BCUT2D eigenvalue weighted by molar-refractivity contribution is -0.665. The summed E-state index contributed by atoms with van der Waals surface area (Å²) in [7, 11) is 1.94. The largest absolute Gasteiger partial charge is 0.220 e. The Morgan fingerprint density at radius 1 is 0.852 bits per heavy atom. The van der Waals surface area contributed by atoms with Crippen molar-refractivity contribution in [3.05, 3.63) is 76.5 Å². The number of halogens is 2. The third-order valence-corrected chi connectivity index (χ3v) is 5.52. The Morgan fingerprint density at radius 2 is 1.56 bits per heavy atom. The number of hydrogen-bond acceptors (Lipinski definition) is 0. The third-order valence-electron chi connectivity index (χ3n) is 5.52. The van der Waals surface area contributed by atoms with Crippen molar-refractivity contribution in [3.8, 4) is 11.3 Å². The number of pyridine rings is 1. The highest BCUT2D eigenvalue weighted by molar-refractivity contribution is 6.11. The minimum absolute atomic E-state index is 0.291. The predicted molar refractivity (Wildman–Crippen MR) is 107 cm³/mol. The van der Waals surface area contributed by atoms with Crippen molar-refractivity contribution in [2.75, 3.05) is 0 Å². The lowest BCUT2D eigenvalue weighted by Crippen LogP contribution is -2.35. The molecule has 136 valence electrons. The van der Waals surface area contributed by atoms with E-state index in [1.807, 2.05) is 24.6 Å². The van der Waals surface area contributed by atoms with Gasteiger partial charge in [0.25, 0.3) is 0 Å². The van der Waals surface area contributed by atoms with Gasteiger partial charge in [-0.1, -0.05) is 17.7 Å². The first-order valence-corrected chi connectivity index (χ1v) is 8.99. The highest BCUT2D eigenvalue weighted by atomic mass is 19.1. The molecule has 3 aromatic carbocycles. The number of benzene rings is 3. The van der Waals surface area contributed by atoms with Gasteiger partial charge in [-0.05, 0) is 55.5 Å². The van der Waals surface area contributed by atoms with Gasteiger partial charge >= 0.3 is 0 Å². The highest BCUT2D eigenvalue weighted by Crippen LogP contribution is 2.35. The monoisotopic (exact) mass is 363 g/mol. The summed E-state index contributed by atoms with van der Waals surface area (Å²) in [6.45, 7) is 8.10. The van der Waals surface area contributed by atoms with Crippen molar-refractivity contribution >= 4 is 21.5 Å². The van der Waals surface area contributed by atoms with Crippen molar-refractivity contribution in [2.24, 2.45) is 7.05 Å². The second-order valence-corrected chi connectivity index (χ2v) is 7.34. The number of aryl methyl sites for hydroxylation is 2. The molecule has 0 atom stereocenters. The minimum atomic E-state index is -0.632. The first kappa shape index (κ1) is 16.4. The summed E-state index contributed by atoms with van der Waals surface area (Å²) in [5.74, 6) is -1.24. The van der Waals surface area contributed by atoms with E-state index in [9.17, 15) is 8.78 Å². The van der Waals surface area contributed by atoms with Gasteiger partial charge < -0.3 is 0 Å². The molecule has 0 aliphatic rings. The molecule has 27 heavy (non-hydrogen) atoms. The van der Waals surface area contributed by atoms with Gasteiger partial charge in [-0.2, -0.15) is 4.57 Å². The fourth-order valence-electron chi connectivity index (χ4n) is 3.91. The fourth-order valence-corrected chi connectivity index (χ4v) is 3.91. The van der Waals surface area contributed by atoms with Crippen LogP contribution in [-0.4, -0.2) is 0 Å². The second kappa shape index (κ2) is 6.12. The molecular weight excluding hydrogens is 340 g/mol. The second-order valence-electron chi connectivity index (χ2n) is 7.34. The summed E-state index contributed by atoms with van der Waals surface area (Å²) in [5.41, 5.74) is 6.28. The molecule has 0 bridgehead atoms. The van der Waals surface area contributed by atoms with Crippen molar-refractivity contribution in [3.63, 3.8) is 0 Å². The minimum Gasteiger partial charge on any atom is -0.207 e. The molecule has 0 aliphatic heterocycles. The molecule has 1 nitrogen and oxygen atoms in total. The maximum Gasteiger partial charge on any atom is 0.220 e. The van der Waals surface area contributed by atoms with E-state index in [4.69, 9.17) is 1.37 Å². The van der Waals surface area contributed by atoms with E-state index in [1.54, 1.807) is 6.07 Å². The van der Waals surface area contributed by atoms with Crippen molar-refractivity contribution in [1.29, 1.82) is 0 Å². The summed E-state index contributed by atoms with van der Waals surface area (Å²) in [6, 6.07) is 10.3. The maximum atomic E-state index is 14.4. The first-order valence-electron chi connectivity index (χ1n) is 9.49. The Hall–Kier alpha value is -2.81. The average molecular weight is 363 g/mol. The van der Waals surface area contributed by atoms with E-state index in [2.05, 4.69) is 32.9 Å². The van der Waals surface area contributed by atoms with Gasteiger partial charge in [0, 0.05) is 29.8 Å². The summed E-state index contributed by atoms with van der Waals surface area (Å²) in [5, 5.41) is 2.18. The lowest BCUT2D eigenvalue weighted by atomic mass is 9.92. The fraction of sp³-hybridized carbons (Fsp3) is 0.208. The topological polar surface area (TPSA) is 3.88 Å². The van der Waals surface area contributed by atoms with Crippen LogP contribution in [0.3, 0.4) is 0 Å². The van der Waals surface area contributed by atoms with Crippen LogP contribution in [0.15, 0.2) is 42.4 Å². The molecule has 3 heteroatoms. The first-order chi connectivity index (χ1) is 13.2. The molecule has 0 radical (unpaired) electrons. The van der Waals surface area contributed by atoms with Crippen LogP contribution in [0.25, 0.3) is 32.8 Å². The van der Waals surface area contributed by atoms with E-state index in [0.29, 0.717) is 22.2 Å². The molecule has 0 saturated heterocycles. The maximum absolute atomic E-state index is 14.4. The molecule has 0 spiro atoms. The number of nitrogens with zero attached hydrogens (tertiary/aromatic N) is 1. The van der Waals surface area contributed by atoms with Crippen LogP contribution < -0.4 is 4.57 Å². The Morgan fingerprint density at radius 3 is 2.30 bits per heavy atom. The summed E-state index contributed by atoms with van der Waals surface area (Å²) in [4.78, 5) is 0. The Bertz CT molecular complexity index is 1290. The van der Waals surface area contributed by atoms with Crippen LogP contribution in [0.5, 0.6) is 0 Å².